The third kappa shape index (κ3) is 3.56. The van der Waals surface area contributed by atoms with Crippen molar-refractivity contribution in [2.75, 3.05) is 26.3 Å². The smallest absolute Gasteiger partial charge is 0.183 e. The van der Waals surface area contributed by atoms with Crippen LogP contribution in [0.4, 0.5) is 4.39 Å². The summed E-state index contributed by atoms with van der Waals surface area (Å²) in [7, 11) is 0. The molecule has 3 aromatic rings. The molecule has 0 aliphatic carbocycles. The van der Waals surface area contributed by atoms with Gasteiger partial charge < -0.3 is 14.6 Å². The van der Waals surface area contributed by atoms with Gasteiger partial charge in [0, 0.05) is 0 Å². The van der Waals surface area contributed by atoms with Crippen molar-refractivity contribution in [3.05, 3.63) is 83.7 Å². The van der Waals surface area contributed by atoms with E-state index in [1.165, 1.54) is 18.6 Å². The molecule has 4 nitrogen and oxygen atoms in total. The maximum absolute atomic E-state index is 13.7. The largest absolute Gasteiger partial charge is 0.386 e. The highest BCUT2D eigenvalue weighted by atomic mass is 19.1. The zero-order chi connectivity index (χ0) is 21.3. The van der Waals surface area contributed by atoms with Crippen LogP contribution in [0.2, 0.25) is 0 Å². The minimum atomic E-state index is -0.958. The number of likely N-dealkylation sites (tertiary alicyclic amines) is 1. The van der Waals surface area contributed by atoms with Gasteiger partial charge >= 0.3 is 0 Å². The highest BCUT2D eigenvalue weighted by Crippen LogP contribution is 2.49. The first kappa shape index (κ1) is 20.6. The second-order valence-electron chi connectivity index (χ2n) is 8.43. The van der Waals surface area contributed by atoms with Crippen molar-refractivity contribution >= 4 is 10.8 Å². The maximum atomic E-state index is 13.7. The summed E-state index contributed by atoms with van der Waals surface area (Å²) in [6, 6.07) is 20.5. The first-order valence-corrected chi connectivity index (χ1v) is 11.1. The number of ether oxygens (including phenoxy) is 2. The Morgan fingerprint density at radius 3 is 2.29 bits per heavy atom. The van der Waals surface area contributed by atoms with Gasteiger partial charge in [-0.3, -0.25) is 4.90 Å². The summed E-state index contributed by atoms with van der Waals surface area (Å²) >= 11 is 0. The molecule has 31 heavy (non-hydrogen) atoms. The predicted molar refractivity (Wildman–Crippen MR) is 118 cm³/mol. The van der Waals surface area contributed by atoms with Gasteiger partial charge in [-0.1, -0.05) is 61.0 Å². The quantitative estimate of drug-likeness (QED) is 0.645. The minimum absolute atomic E-state index is 0.321. The van der Waals surface area contributed by atoms with E-state index in [4.69, 9.17) is 9.47 Å². The zero-order valence-corrected chi connectivity index (χ0v) is 17.5. The van der Waals surface area contributed by atoms with Gasteiger partial charge in [0.1, 0.15) is 17.5 Å². The Balaban J connectivity index is 1.77. The second kappa shape index (κ2) is 8.67. The fourth-order valence-corrected chi connectivity index (χ4v) is 5.25. The summed E-state index contributed by atoms with van der Waals surface area (Å²) in [5.74, 6) is -0.321. The number of hydrogen-bond donors (Lipinski definition) is 1. The Kier molecular flexibility index (Phi) is 5.76. The van der Waals surface area contributed by atoms with Gasteiger partial charge in [-0.15, -0.1) is 0 Å². The lowest BCUT2D eigenvalue weighted by Gasteiger charge is -2.51. The number of nitrogens with zero attached hydrogens (tertiary/aromatic N) is 1. The number of fused-ring (bicyclic) bond motifs is 1. The third-order valence-electron chi connectivity index (χ3n) is 6.68. The Morgan fingerprint density at radius 2 is 1.55 bits per heavy atom. The van der Waals surface area contributed by atoms with Crippen molar-refractivity contribution < 1.29 is 19.0 Å². The van der Waals surface area contributed by atoms with E-state index in [-0.39, 0.29) is 5.82 Å². The first-order chi connectivity index (χ1) is 15.2. The normalized spacial score (nSPS) is 21.2. The zero-order valence-electron chi connectivity index (χ0n) is 17.5. The molecule has 2 aliphatic rings. The van der Waals surface area contributed by atoms with Crippen LogP contribution >= 0.6 is 0 Å². The molecule has 2 saturated heterocycles. The molecule has 162 valence electrons. The van der Waals surface area contributed by atoms with Gasteiger partial charge in [-0.05, 0) is 60.0 Å². The van der Waals surface area contributed by atoms with Crippen LogP contribution in [0.5, 0.6) is 0 Å². The second-order valence-corrected chi connectivity index (χ2v) is 8.43. The van der Waals surface area contributed by atoms with Gasteiger partial charge in [0.05, 0.1) is 13.2 Å². The topological polar surface area (TPSA) is 41.9 Å². The highest BCUT2D eigenvalue weighted by molar-refractivity contribution is 5.86. The molecule has 2 aliphatic heterocycles. The number of aliphatic hydroxyl groups is 1. The number of piperidine rings is 1. The van der Waals surface area contributed by atoms with Crippen LogP contribution in [-0.4, -0.2) is 42.6 Å². The molecule has 1 N–H and O–H groups in total. The lowest BCUT2D eigenvalue weighted by molar-refractivity contribution is -0.201. The summed E-state index contributed by atoms with van der Waals surface area (Å²) in [4.78, 5) is 2.34. The molecule has 0 bridgehead atoms. The van der Waals surface area contributed by atoms with Gasteiger partial charge in [0.15, 0.2) is 6.29 Å². The minimum Gasteiger partial charge on any atom is -0.386 e. The number of hydrogen-bond acceptors (Lipinski definition) is 4. The molecule has 2 unspecified atom stereocenters. The lowest BCUT2D eigenvalue weighted by atomic mass is 9.76. The fourth-order valence-electron chi connectivity index (χ4n) is 5.25. The lowest BCUT2D eigenvalue weighted by Crippen LogP contribution is -2.59. The number of rotatable bonds is 5. The van der Waals surface area contributed by atoms with Crippen molar-refractivity contribution in [2.45, 2.75) is 37.2 Å². The molecule has 5 rings (SSSR count). The predicted octanol–water partition coefficient (Wildman–Crippen LogP) is 4.77. The highest BCUT2D eigenvalue weighted by Gasteiger charge is 2.55. The van der Waals surface area contributed by atoms with Crippen LogP contribution in [0.25, 0.3) is 10.8 Å². The van der Waals surface area contributed by atoms with E-state index in [0.717, 1.165) is 42.3 Å². The van der Waals surface area contributed by atoms with Crippen molar-refractivity contribution in [3.63, 3.8) is 0 Å². The average molecular weight is 422 g/mol. The molecule has 0 radical (unpaired) electrons. The first-order valence-electron chi connectivity index (χ1n) is 11.1. The molecular formula is C26H28FNO3. The Bertz CT molecular complexity index is 1020. The summed E-state index contributed by atoms with van der Waals surface area (Å²) in [6.07, 6.45) is 1.68. The van der Waals surface area contributed by atoms with Crippen molar-refractivity contribution in [2.24, 2.45) is 0 Å². The van der Waals surface area contributed by atoms with Gasteiger partial charge in [-0.2, -0.15) is 0 Å². The molecule has 3 aromatic carbocycles. The average Bonchev–Trinajstić information content (AvgIpc) is 3.36. The molecule has 5 heteroatoms. The van der Waals surface area contributed by atoms with E-state index >= 15 is 0 Å². The number of halogens is 1. The molecule has 0 spiro atoms. The molecular weight excluding hydrogens is 393 g/mol. The third-order valence-corrected chi connectivity index (χ3v) is 6.68. The fraction of sp³-hybridized carbons (Fsp3) is 0.385. The van der Waals surface area contributed by atoms with Gasteiger partial charge in [0.2, 0.25) is 0 Å². The molecule has 2 fully saturated rings. The van der Waals surface area contributed by atoms with Crippen molar-refractivity contribution in [1.29, 1.82) is 0 Å². The maximum Gasteiger partial charge on any atom is 0.183 e. The van der Waals surface area contributed by atoms with E-state index in [0.29, 0.717) is 18.8 Å². The summed E-state index contributed by atoms with van der Waals surface area (Å²) in [6.45, 7) is 2.65. The molecule has 0 amide bonds. The van der Waals surface area contributed by atoms with Gasteiger partial charge in [-0.25, -0.2) is 4.39 Å². The van der Waals surface area contributed by atoms with Crippen molar-refractivity contribution in [3.8, 4) is 0 Å². The SMILES string of the molecule is OC(c1ccc(F)cc1)C(c1cccc2ccccc12)(C1OCCO1)N1CCCCC1. The summed E-state index contributed by atoms with van der Waals surface area (Å²) in [5.41, 5.74) is 0.686. The van der Waals surface area contributed by atoms with Crippen LogP contribution < -0.4 is 0 Å². The molecule has 2 atom stereocenters. The van der Waals surface area contributed by atoms with E-state index in [9.17, 15) is 9.50 Å². The van der Waals surface area contributed by atoms with E-state index < -0.39 is 17.9 Å². The van der Waals surface area contributed by atoms with Crippen LogP contribution in [-0.2, 0) is 15.0 Å². The molecule has 2 heterocycles. The van der Waals surface area contributed by atoms with E-state index in [1.54, 1.807) is 12.1 Å². The Morgan fingerprint density at radius 1 is 0.871 bits per heavy atom. The van der Waals surface area contributed by atoms with Crippen molar-refractivity contribution in [1.82, 2.24) is 4.90 Å². The monoisotopic (exact) mass is 421 g/mol. The summed E-state index contributed by atoms with van der Waals surface area (Å²) < 4.78 is 26.0. The molecule has 0 aromatic heterocycles. The Labute approximate surface area is 182 Å². The summed E-state index contributed by atoms with van der Waals surface area (Å²) in [5, 5.41) is 14.2. The van der Waals surface area contributed by atoms with Gasteiger partial charge in [0.25, 0.3) is 0 Å². The van der Waals surface area contributed by atoms with Crippen LogP contribution in [0.15, 0.2) is 66.7 Å². The standard InChI is InChI=1S/C26H28FNO3/c27-21-13-11-20(12-14-21)24(29)26(25-30-17-18-31-25,28-15-4-1-5-16-28)23-10-6-8-19-7-2-3-9-22(19)23/h2-3,6-14,24-25,29H,1,4-5,15-18H2. The number of aliphatic hydroxyl groups excluding tert-OH is 1. The van der Waals surface area contributed by atoms with E-state index in [1.807, 2.05) is 18.2 Å². The molecule has 0 saturated carbocycles. The van der Waals surface area contributed by atoms with Crippen LogP contribution in [0.3, 0.4) is 0 Å². The van der Waals surface area contributed by atoms with E-state index in [2.05, 4.69) is 29.2 Å². The van der Waals surface area contributed by atoms with Crippen LogP contribution in [0.1, 0.15) is 36.5 Å². The van der Waals surface area contributed by atoms with Crippen LogP contribution in [0, 0.1) is 5.82 Å². The number of benzene rings is 3. The Hall–Kier alpha value is -2.31.